The number of ether oxygens (including phenoxy) is 4. The number of nitrogens with zero attached hydrogens (tertiary/aromatic N) is 4. The van der Waals surface area contributed by atoms with Crippen molar-refractivity contribution in [2.24, 2.45) is 0 Å². The highest BCUT2D eigenvalue weighted by atomic mass is 16.5. The number of amides is 4. The molecule has 0 aliphatic carbocycles. The van der Waals surface area contributed by atoms with Gasteiger partial charge in [-0.2, -0.15) is 0 Å². The lowest BCUT2D eigenvalue weighted by Crippen LogP contribution is -2.42. The molecule has 0 N–H and O–H groups in total. The van der Waals surface area contributed by atoms with E-state index in [0.29, 0.717) is 88.5 Å². The number of benzene rings is 17. The standard InChI is InChI=1S/C72H58N2O8.C36H22N2O/c1-39(2)47-31-21-32-48(40(3)4)67(47)73-69(75)51-35-55(79-43-23-13-9-14-24-43)61-63-57(81-45-27-17-11-18-28-45)37-53-60-54(72(78)74(71(53)77)68-49(41(5)6)33-22-34-50(68)42(7)8)38-58(82-46-29-19-12-20-30-46)64(66(60)63)62-56(80-44-25-15-10-16-26-44)36-52(70(73)76)59(51)65(61)62;39-36-30-18-10-17-28-27(24-13-6-2-7-14-24)19-20-29(33(28)30)35-37-34-31(25-15-8-3-9-16-25)21-26(22-32(34)38(35)36)23-11-4-1-5-12-23/h9-42H,1-8H3;1-22H. The van der Waals surface area contributed by atoms with Gasteiger partial charge in [0.2, 0.25) is 0 Å². The van der Waals surface area contributed by atoms with E-state index in [1.54, 1.807) is 24.3 Å². The summed E-state index contributed by atoms with van der Waals surface area (Å²) >= 11 is 0. The van der Waals surface area contributed by atoms with Crippen LogP contribution in [0.1, 0.15) is 143 Å². The van der Waals surface area contributed by atoms with E-state index in [-0.39, 0.29) is 74.5 Å². The Kier molecular flexibility index (Phi) is 18.4. The molecular formula is C108H80N4O9. The van der Waals surface area contributed by atoms with Gasteiger partial charge in [-0.3, -0.25) is 28.4 Å². The molecule has 0 bridgehead atoms. The first kappa shape index (κ1) is 74.7. The summed E-state index contributed by atoms with van der Waals surface area (Å²) in [6.45, 7) is 16.5. The van der Waals surface area contributed by atoms with Crippen molar-refractivity contribution >= 4 is 116 Å². The van der Waals surface area contributed by atoms with Crippen LogP contribution in [0.15, 0.2) is 320 Å². The number of anilines is 2. The minimum absolute atomic E-state index is 0.0416. The second kappa shape index (κ2) is 29.8. The van der Waals surface area contributed by atoms with E-state index in [2.05, 4.69) is 122 Å². The van der Waals surface area contributed by atoms with Crippen molar-refractivity contribution in [1.82, 2.24) is 9.38 Å². The van der Waals surface area contributed by atoms with Crippen LogP contribution in [0.25, 0.3) is 115 Å². The Morgan fingerprint density at radius 2 is 0.579 bits per heavy atom. The van der Waals surface area contributed by atoms with Crippen LogP contribution in [0.2, 0.25) is 0 Å². The topological polar surface area (TPSA) is 146 Å². The summed E-state index contributed by atoms with van der Waals surface area (Å²) in [7, 11) is 0. The van der Waals surface area contributed by atoms with Gasteiger partial charge in [0.1, 0.15) is 51.6 Å². The predicted molar refractivity (Wildman–Crippen MR) is 487 cm³/mol. The van der Waals surface area contributed by atoms with E-state index in [0.717, 1.165) is 82.8 Å². The number of hydrogen-bond donors (Lipinski definition) is 0. The fraction of sp³-hybridized carbons (Fsp3) is 0.111. The van der Waals surface area contributed by atoms with E-state index in [1.165, 1.54) is 9.80 Å². The van der Waals surface area contributed by atoms with Crippen molar-refractivity contribution in [2.45, 2.75) is 79.1 Å². The van der Waals surface area contributed by atoms with Gasteiger partial charge in [0, 0.05) is 64.8 Å². The maximum Gasteiger partial charge on any atom is 0.266 e. The molecule has 586 valence electrons. The third kappa shape index (κ3) is 12.4. The summed E-state index contributed by atoms with van der Waals surface area (Å²) in [5.41, 5.74) is 14.1. The minimum atomic E-state index is -0.532. The largest absolute Gasteiger partial charge is 0.457 e. The Morgan fingerprint density at radius 3 is 0.934 bits per heavy atom. The zero-order valence-corrected chi connectivity index (χ0v) is 67.8. The predicted octanol–water partition coefficient (Wildman–Crippen LogP) is 27.6. The summed E-state index contributed by atoms with van der Waals surface area (Å²) in [5, 5.41) is 7.13. The average molecular weight is 1580 g/mol. The molecule has 21 rings (SSSR count). The number of carbonyl (C=O) groups is 4. The average Bonchev–Trinajstić information content (AvgIpc) is 1.10. The summed E-state index contributed by atoms with van der Waals surface area (Å²) in [4.78, 5) is 86.5. The van der Waals surface area contributed by atoms with Crippen LogP contribution in [0, 0.1) is 0 Å². The first-order valence-corrected chi connectivity index (χ1v) is 41.1. The second-order valence-electron chi connectivity index (χ2n) is 32.4. The number of carbonyl (C=O) groups excluding carboxylic acids is 4. The lowest BCUT2D eigenvalue weighted by molar-refractivity contribution is 0.0877. The number of pyridine rings is 1. The van der Waals surface area contributed by atoms with Gasteiger partial charge in [0.15, 0.2) is 0 Å². The Labute approximate surface area is 698 Å². The molecule has 13 heteroatoms. The van der Waals surface area contributed by atoms with Gasteiger partial charge in [-0.15, -0.1) is 0 Å². The van der Waals surface area contributed by atoms with Crippen molar-refractivity contribution in [1.29, 1.82) is 0 Å². The normalized spacial score (nSPS) is 12.8. The van der Waals surface area contributed by atoms with Crippen molar-refractivity contribution in [3.8, 4) is 79.4 Å². The van der Waals surface area contributed by atoms with Gasteiger partial charge in [0.05, 0.1) is 44.7 Å². The number of fused-ring (bicyclic) bond motifs is 6. The number of hydrogen-bond acceptors (Lipinski definition) is 10. The summed E-state index contributed by atoms with van der Waals surface area (Å²) < 4.78 is 30.4. The second-order valence-corrected chi connectivity index (χ2v) is 32.4. The molecule has 19 aromatic rings. The molecule has 0 saturated carbocycles. The molecule has 13 nitrogen and oxygen atoms in total. The molecule has 0 radical (unpaired) electrons. The number of para-hydroxylation sites is 6. The quantitative estimate of drug-likeness (QED) is 0.0490. The molecule has 4 amide bonds. The lowest BCUT2D eigenvalue weighted by atomic mass is 9.80. The minimum Gasteiger partial charge on any atom is -0.457 e. The van der Waals surface area contributed by atoms with E-state index >= 15 is 19.2 Å². The maximum absolute atomic E-state index is 16.1. The van der Waals surface area contributed by atoms with Crippen molar-refractivity contribution in [3.63, 3.8) is 0 Å². The van der Waals surface area contributed by atoms with Crippen LogP contribution >= 0.6 is 0 Å². The maximum atomic E-state index is 16.1. The monoisotopic (exact) mass is 1580 g/mol. The van der Waals surface area contributed by atoms with Gasteiger partial charge in [-0.05, 0) is 176 Å². The van der Waals surface area contributed by atoms with Gasteiger partial charge in [-0.1, -0.05) is 274 Å². The third-order valence-electron chi connectivity index (χ3n) is 23.7. The highest BCUT2D eigenvalue weighted by molar-refractivity contribution is 6.48. The molecule has 2 aliphatic rings. The molecule has 0 saturated heterocycles. The highest BCUT2D eigenvalue weighted by Gasteiger charge is 2.45. The molecule has 2 aromatic heterocycles. The Morgan fingerprint density at radius 1 is 0.256 bits per heavy atom. The van der Waals surface area contributed by atoms with Gasteiger partial charge in [0.25, 0.3) is 29.2 Å². The fourth-order valence-corrected chi connectivity index (χ4v) is 18.2. The lowest BCUT2D eigenvalue weighted by Gasteiger charge is -2.35. The molecule has 121 heavy (non-hydrogen) atoms. The number of aromatic nitrogens is 2. The zero-order valence-electron chi connectivity index (χ0n) is 67.8. The van der Waals surface area contributed by atoms with E-state index in [9.17, 15) is 4.79 Å². The molecule has 0 atom stereocenters. The first-order chi connectivity index (χ1) is 59.0. The fourth-order valence-electron chi connectivity index (χ4n) is 18.2. The van der Waals surface area contributed by atoms with E-state index < -0.39 is 23.6 Å². The molecule has 0 spiro atoms. The van der Waals surface area contributed by atoms with Crippen LogP contribution in [-0.4, -0.2) is 33.0 Å². The summed E-state index contributed by atoms with van der Waals surface area (Å²) in [5.74, 6) is 0.492. The van der Waals surface area contributed by atoms with Crippen LogP contribution < -0.4 is 34.3 Å². The summed E-state index contributed by atoms with van der Waals surface area (Å²) in [6.07, 6.45) is 0. The van der Waals surface area contributed by atoms with Gasteiger partial charge in [-0.25, -0.2) is 14.8 Å². The Balaban J connectivity index is 0.000000198. The first-order valence-electron chi connectivity index (χ1n) is 41.1. The van der Waals surface area contributed by atoms with Crippen LogP contribution in [-0.2, 0) is 0 Å². The third-order valence-corrected chi connectivity index (χ3v) is 23.7. The van der Waals surface area contributed by atoms with Crippen molar-refractivity contribution in [2.75, 3.05) is 9.80 Å². The van der Waals surface area contributed by atoms with Gasteiger partial charge >= 0.3 is 0 Å². The van der Waals surface area contributed by atoms with Crippen molar-refractivity contribution in [3.05, 3.63) is 370 Å². The molecule has 0 fully saturated rings. The Bertz CT molecular complexity index is 6940. The SMILES string of the molecule is CC(C)c1cccc(C(C)C)c1N1C(=O)c2cc(Oc3ccccc3)c3c4c(Oc5ccccc5)cc5c6c(cc(Oc7ccccc7)c(c7c(Oc8ccccc8)cc(c2c37)C1=O)c64)C(=O)N(c1c(C(C)C)cccc1C(C)C)C5=O.O=c1c2cccc3c(-c4ccccc4)ccc(c32)c2nc3c(-c4ccccc4)cc(-c4ccccc4)cc3n12. The van der Waals surface area contributed by atoms with Gasteiger partial charge < -0.3 is 18.9 Å². The van der Waals surface area contributed by atoms with Crippen LogP contribution in [0.4, 0.5) is 11.4 Å². The summed E-state index contributed by atoms with van der Waals surface area (Å²) in [6, 6.07) is 102. The molecule has 2 aliphatic heterocycles. The highest BCUT2D eigenvalue weighted by Crippen LogP contribution is 2.59. The number of imide groups is 2. The smallest absolute Gasteiger partial charge is 0.266 e. The van der Waals surface area contributed by atoms with Crippen molar-refractivity contribution < 1.29 is 38.1 Å². The molecule has 4 heterocycles. The Hall–Kier alpha value is -15.1. The van der Waals surface area contributed by atoms with E-state index in [4.69, 9.17) is 23.9 Å². The molecular weight excluding hydrogens is 1500 g/mol. The zero-order chi connectivity index (χ0) is 82.7. The molecule has 17 aromatic carbocycles. The van der Waals surface area contributed by atoms with Crippen LogP contribution in [0.5, 0.6) is 46.0 Å². The number of imidazole rings is 1. The molecule has 0 unspecified atom stereocenters. The number of rotatable bonds is 17. The van der Waals surface area contributed by atoms with Crippen LogP contribution in [0.3, 0.4) is 0 Å². The van der Waals surface area contributed by atoms with E-state index in [1.807, 2.05) is 229 Å².